The van der Waals surface area contributed by atoms with Gasteiger partial charge in [0.1, 0.15) is 11.7 Å². The third-order valence-corrected chi connectivity index (χ3v) is 7.90. The van der Waals surface area contributed by atoms with E-state index in [1.807, 2.05) is 28.0 Å². The number of likely N-dealkylation sites (tertiary alicyclic amines) is 1. The summed E-state index contributed by atoms with van der Waals surface area (Å²) in [5.74, 6) is -0.927. The number of nitrogens with one attached hydrogen (secondary N) is 1. The molecule has 4 aliphatic rings. The summed E-state index contributed by atoms with van der Waals surface area (Å²) in [5, 5.41) is 2.96. The second-order valence-corrected chi connectivity index (χ2v) is 10.3. The Bertz CT molecular complexity index is 1650. The normalized spacial score (nSPS) is 20.7. The maximum absolute atomic E-state index is 13.6. The Morgan fingerprint density at radius 1 is 1.05 bits per heavy atom. The number of aliphatic imine (C=N–C) groups is 1. The number of benzene rings is 1. The van der Waals surface area contributed by atoms with Crippen molar-refractivity contribution in [3.8, 4) is 0 Å². The quantitative estimate of drug-likeness (QED) is 0.529. The summed E-state index contributed by atoms with van der Waals surface area (Å²) in [6.07, 6.45) is 10.5. The minimum atomic E-state index is -0.522. The van der Waals surface area contributed by atoms with Crippen LogP contribution in [0.1, 0.15) is 36.1 Å². The van der Waals surface area contributed by atoms with Gasteiger partial charge in [0.2, 0.25) is 5.91 Å². The summed E-state index contributed by atoms with van der Waals surface area (Å²) < 4.78 is 1.72. The van der Waals surface area contributed by atoms with Gasteiger partial charge in [-0.2, -0.15) is 0 Å². The number of para-hydroxylation sites is 1. The lowest BCUT2D eigenvalue weighted by Crippen LogP contribution is -2.47. The van der Waals surface area contributed by atoms with Crippen molar-refractivity contribution in [3.05, 3.63) is 82.5 Å². The van der Waals surface area contributed by atoms with Crippen molar-refractivity contribution in [2.75, 3.05) is 18.0 Å². The third-order valence-electron chi connectivity index (χ3n) is 7.67. The average molecular weight is 527 g/mol. The van der Waals surface area contributed by atoms with Crippen LogP contribution in [0.5, 0.6) is 0 Å². The molecule has 1 fully saturated rings. The van der Waals surface area contributed by atoms with Crippen molar-refractivity contribution < 1.29 is 14.4 Å². The molecule has 9 nitrogen and oxygen atoms in total. The summed E-state index contributed by atoms with van der Waals surface area (Å²) in [6, 6.07) is 8.82. The first-order valence-corrected chi connectivity index (χ1v) is 13.1. The van der Waals surface area contributed by atoms with Gasteiger partial charge in [-0.25, -0.2) is 4.98 Å². The summed E-state index contributed by atoms with van der Waals surface area (Å²) in [7, 11) is 0. The van der Waals surface area contributed by atoms with Crippen LogP contribution in [0.4, 0.5) is 5.69 Å². The van der Waals surface area contributed by atoms with E-state index >= 15 is 0 Å². The number of amides is 3. The van der Waals surface area contributed by atoms with Crippen molar-refractivity contribution in [3.63, 3.8) is 0 Å². The number of pyridine rings is 1. The predicted octanol–water partition coefficient (Wildman–Crippen LogP) is 3.12. The summed E-state index contributed by atoms with van der Waals surface area (Å²) in [4.78, 5) is 52.9. The first-order chi connectivity index (χ1) is 18.5. The number of anilines is 1. The van der Waals surface area contributed by atoms with Crippen LogP contribution >= 0.6 is 11.6 Å². The lowest BCUT2D eigenvalue weighted by molar-refractivity contribution is -0.133. The van der Waals surface area contributed by atoms with Gasteiger partial charge < -0.3 is 9.80 Å². The third kappa shape index (κ3) is 3.42. The minimum Gasteiger partial charge on any atom is -0.341 e. The molecule has 2 aromatic heterocycles. The molecule has 1 atom stereocenters. The zero-order valence-electron chi connectivity index (χ0n) is 20.4. The molecular formula is C28H23ClN6O3. The van der Waals surface area contributed by atoms with Gasteiger partial charge in [-0.15, -0.1) is 0 Å². The first-order valence-electron chi connectivity index (χ1n) is 12.7. The number of rotatable bonds is 3. The highest BCUT2D eigenvalue weighted by molar-refractivity contribution is 6.47. The molecule has 0 radical (unpaired) electrons. The molecule has 1 unspecified atom stereocenters. The minimum absolute atomic E-state index is 0.109. The molecule has 0 aliphatic carbocycles. The predicted molar refractivity (Wildman–Crippen MR) is 143 cm³/mol. The fraction of sp³-hybridized carbons (Fsp3) is 0.250. The van der Waals surface area contributed by atoms with Crippen LogP contribution in [0.3, 0.4) is 0 Å². The second-order valence-electron chi connectivity index (χ2n) is 9.85. The fourth-order valence-corrected chi connectivity index (χ4v) is 6.09. The molecular weight excluding hydrogens is 504 g/mol. The van der Waals surface area contributed by atoms with Crippen LogP contribution in [-0.2, 0) is 20.8 Å². The Kier molecular flexibility index (Phi) is 5.23. The number of imide groups is 1. The molecule has 7 rings (SSSR count). The molecule has 3 aromatic rings. The Labute approximate surface area is 223 Å². The highest BCUT2D eigenvalue weighted by atomic mass is 35.5. The van der Waals surface area contributed by atoms with Crippen LogP contribution in [-0.4, -0.2) is 56.8 Å². The van der Waals surface area contributed by atoms with E-state index in [1.165, 1.54) is 0 Å². The second kappa shape index (κ2) is 8.66. The number of carbonyl (C=O) groups is 3. The number of hydrogen-bond acceptors (Lipinski definition) is 6. The Morgan fingerprint density at radius 3 is 2.71 bits per heavy atom. The molecule has 4 aliphatic heterocycles. The molecule has 10 heteroatoms. The van der Waals surface area contributed by atoms with Crippen molar-refractivity contribution >= 4 is 51.9 Å². The van der Waals surface area contributed by atoms with Crippen molar-refractivity contribution in [1.82, 2.24) is 19.6 Å². The Hall–Kier alpha value is -4.24. The average Bonchev–Trinajstić information content (AvgIpc) is 3.54. The molecule has 1 N–H and O–H groups in total. The van der Waals surface area contributed by atoms with E-state index in [1.54, 1.807) is 41.3 Å². The molecule has 190 valence electrons. The molecule has 0 bridgehead atoms. The van der Waals surface area contributed by atoms with E-state index in [0.29, 0.717) is 34.1 Å². The van der Waals surface area contributed by atoms with E-state index < -0.39 is 11.8 Å². The van der Waals surface area contributed by atoms with Crippen molar-refractivity contribution in [1.29, 1.82) is 0 Å². The number of piperidine rings is 1. The van der Waals surface area contributed by atoms with E-state index in [0.717, 1.165) is 43.6 Å². The van der Waals surface area contributed by atoms with Crippen LogP contribution in [0.15, 0.2) is 65.7 Å². The number of halogens is 1. The van der Waals surface area contributed by atoms with Crippen molar-refractivity contribution in [2.45, 2.75) is 31.7 Å². The molecule has 1 saturated heterocycles. The van der Waals surface area contributed by atoms with Gasteiger partial charge in [-0.1, -0.05) is 29.8 Å². The molecule has 0 saturated carbocycles. The zero-order chi connectivity index (χ0) is 26.0. The number of carbonyl (C=O) groups excluding carboxylic acids is 3. The molecule has 0 spiro atoms. The summed E-state index contributed by atoms with van der Waals surface area (Å²) in [6.45, 7) is 1.56. The number of aromatic nitrogens is 2. The van der Waals surface area contributed by atoms with Gasteiger partial charge in [0.25, 0.3) is 11.8 Å². The van der Waals surface area contributed by atoms with Crippen LogP contribution in [0.2, 0.25) is 5.02 Å². The lowest BCUT2D eigenvalue weighted by atomic mass is 9.94. The highest BCUT2D eigenvalue weighted by Gasteiger charge is 2.42. The van der Waals surface area contributed by atoms with Gasteiger partial charge in [-0.3, -0.25) is 29.1 Å². The summed E-state index contributed by atoms with van der Waals surface area (Å²) in [5.41, 5.74) is 4.34. The van der Waals surface area contributed by atoms with Crippen LogP contribution < -0.4 is 10.2 Å². The maximum atomic E-state index is 13.6. The number of fused-ring (bicyclic) bond motifs is 1. The topological polar surface area (TPSA) is 99.4 Å². The molecule has 3 amide bonds. The molecule has 1 aromatic carbocycles. The molecule has 6 heterocycles. The van der Waals surface area contributed by atoms with Gasteiger partial charge in [-0.05, 0) is 30.9 Å². The monoisotopic (exact) mass is 526 g/mol. The van der Waals surface area contributed by atoms with E-state index in [-0.39, 0.29) is 23.1 Å². The van der Waals surface area contributed by atoms with E-state index in [2.05, 4.69) is 15.3 Å². The summed E-state index contributed by atoms with van der Waals surface area (Å²) >= 11 is 6.13. The van der Waals surface area contributed by atoms with E-state index in [9.17, 15) is 14.4 Å². The maximum Gasteiger partial charge on any atom is 0.261 e. The van der Waals surface area contributed by atoms with Crippen molar-refractivity contribution in [2.24, 2.45) is 4.99 Å². The van der Waals surface area contributed by atoms with Crippen LogP contribution in [0.25, 0.3) is 11.2 Å². The lowest BCUT2D eigenvalue weighted by Gasteiger charge is -2.32. The SMILES string of the molecule is O=C1NC(=O)C(c2cnc3cc(Cl)ccn23)=C1C1=NC=CN2c3c(cccc31)CC2C(=O)N1CCCCC1. The van der Waals surface area contributed by atoms with Crippen LogP contribution in [0, 0.1) is 0 Å². The number of nitrogens with zero attached hydrogens (tertiary/aromatic N) is 5. The highest BCUT2D eigenvalue weighted by Crippen LogP contribution is 2.40. The van der Waals surface area contributed by atoms with Gasteiger partial charge in [0.15, 0.2) is 0 Å². The van der Waals surface area contributed by atoms with E-state index in [4.69, 9.17) is 11.6 Å². The van der Waals surface area contributed by atoms with Gasteiger partial charge in [0, 0.05) is 54.8 Å². The zero-order valence-corrected chi connectivity index (χ0v) is 21.1. The Morgan fingerprint density at radius 2 is 1.87 bits per heavy atom. The Balaban J connectivity index is 1.35. The van der Waals surface area contributed by atoms with Gasteiger partial charge >= 0.3 is 0 Å². The largest absolute Gasteiger partial charge is 0.341 e. The first kappa shape index (κ1) is 22.9. The number of imidazole rings is 1. The standard InChI is InChI=1S/C28H23ClN6O3/c29-17-7-11-34-20(15-31-21(34)14-17)22-23(27(37)32-26(22)36)24-18-6-4-5-16-13-19(35(25(16)18)12-8-30-24)28(38)33-9-2-1-3-10-33/h4-8,11-12,14-15,19H,1-3,9-10,13H2,(H,32,36,37). The number of hydrogen-bond donors (Lipinski definition) is 1. The molecule has 38 heavy (non-hydrogen) atoms. The smallest absolute Gasteiger partial charge is 0.261 e. The van der Waals surface area contributed by atoms with Gasteiger partial charge in [0.05, 0.1) is 34.4 Å². The fourth-order valence-electron chi connectivity index (χ4n) is 5.94.